The summed E-state index contributed by atoms with van der Waals surface area (Å²) in [7, 11) is 1.30. The van der Waals surface area contributed by atoms with Crippen LogP contribution in [-0.2, 0) is 4.74 Å². The van der Waals surface area contributed by atoms with Crippen LogP contribution < -0.4 is 10.1 Å². The molecule has 0 atom stereocenters. The molecule has 104 valence electrons. The van der Waals surface area contributed by atoms with Gasteiger partial charge in [0.05, 0.1) is 18.4 Å². The minimum absolute atomic E-state index is 0.350. The van der Waals surface area contributed by atoms with Crippen LogP contribution in [0.2, 0.25) is 0 Å². The van der Waals surface area contributed by atoms with Crippen molar-refractivity contribution in [2.45, 2.75) is 6.92 Å². The van der Waals surface area contributed by atoms with Crippen LogP contribution in [0.5, 0.6) is 5.75 Å². The van der Waals surface area contributed by atoms with Gasteiger partial charge in [-0.1, -0.05) is 18.2 Å². The smallest absolute Gasteiger partial charge is 0.417 e. The maximum atomic E-state index is 11.8. The van der Waals surface area contributed by atoms with Gasteiger partial charge in [-0.2, -0.15) is 0 Å². The van der Waals surface area contributed by atoms with E-state index in [-0.39, 0.29) is 0 Å². The molecule has 0 saturated carbocycles. The monoisotopic (exact) mass is 291 g/mol. The van der Waals surface area contributed by atoms with Crippen LogP contribution in [-0.4, -0.2) is 19.2 Å². The van der Waals surface area contributed by atoms with Crippen molar-refractivity contribution in [2.75, 3.05) is 12.4 Å². The van der Waals surface area contributed by atoms with Gasteiger partial charge in [-0.3, -0.25) is 5.32 Å². The molecule has 1 aromatic carbocycles. The number of esters is 1. The second-order valence-corrected chi connectivity index (χ2v) is 4.98. The first kappa shape index (κ1) is 14.1. The molecule has 1 aromatic heterocycles. The average Bonchev–Trinajstić information content (AvgIpc) is 2.80. The van der Waals surface area contributed by atoms with Crippen molar-refractivity contribution in [1.82, 2.24) is 0 Å². The number of para-hydroxylation sites is 1. The van der Waals surface area contributed by atoms with E-state index in [2.05, 4.69) is 5.32 Å². The van der Waals surface area contributed by atoms with Crippen molar-refractivity contribution in [3.63, 3.8) is 0 Å². The molecule has 0 saturated heterocycles. The molecule has 1 amide bonds. The number of carbonyl (C=O) groups excluding carboxylic acids is 2. The number of hydrogen-bond donors (Lipinski definition) is 1. The maximum absolute atomic E-state index is 11.8. The molecular formula is C14H13NO4S. The number of anilines is 1. The van der Waals surface area contributed by atoms with Gasteiger partial charge in [0.25, 0.3) is 0 Å². The molecule has 0 aliphatic carbocycles. The molecule has 0 unspecified atom stereocenters. The van der Waals surface area contributed by atoms with Crippen molar-refractivity contribution in [2.24, 2.45) is 0 Å². The molecule has 0 bridgehead atoms. The van der Waals surface area contributed by atoms with E-state index in [1.807, 2.05) is 6.07 Å². The number of rotatable bonds is 3. The highest BCUT2D eigenvalue weighted by Crippen LogP contribution is 2.27. The van der Waals surface area contributed by atoms with E-state index in [0.717, 1.165) is 4.88 Å². The standard InChI is InChI=1S/C14H13NO4S/c1-9-12(13(16)18-2)11(8-20-9)15-14(17)19-10-6-4-3-5-7-10/h3-8H,1-2H3,(H,15,17). The quantitative estimate of drug-likeness (QED) is 0.880. The lowest BCUT2D eigenvalue weighted by molar-refractivity contribution is 0.0602. The molecule has 2 aromatic rings. The molecular weight excluding hydrogens is 278 g/mol. The van der Waals surface area contributed by atoms with Gasteiger partial charge in [0.15, 0.2) is 0 Å². The third kappa shape index (κ3) is 3.16. The summed E-state index contributed by atoms with van der Waals surface area (Å²) in [5, 5.41) is 4.22. The Hall–Kier alpha value is -2.34. The lowest BCUT2D eigenvalue weighted by atomic mass is 10.2. The maximum Gasteiger partial charge on any atom is 0.417 e. The summed E-state index contributed by atoms with van der Waals surface area (Å²) < 4.78 is 9.79. The second-order valence-electron chi connectivity index (χ2n) is 3.90. The number of thiophene rings is 1. The van der Waals surface area contributed by atoms with Gasteiger partial charge < -0.3 is 9.47 Å². The number of nitrogens with one attached hydrogen (secondary N) is 1. The average molecular weight is 291 g/mol. The summed E-state index contributed by atoms with van der Waals surface area (Å²) in [6.45, 7) is 1.78. The third-order valence-electron chi connectivity index (χ3n) is 2.55. The van der Waals surface area contributed by atoms with E-state index in [9.17, 15) is 9.59 Å². The number of hydrogen-bond acceptors (Lipinski definition) is 5. The number of methoxy groups -OCH3 is 1. The first-order chi connectivity index (χ1) is 9.61. The fraction of sp³-hybridized carbons (Fsp3) is 0.143. The van der Waals surface area contributed by atoms with E-state index in [1.54, 1.807) is 36.6 Å². The Balaban J connectivity index is 2.11. The first-order valence-corrected chi connectivity index (χ1v) is 6.70. The highest BCUT2D eigenvalue weighted by atomic mass is 32.1. The number of ether oxygens (including phenoxy) is 2. The first-order valence-electron chi connectivity index (χ1n) is 5.82. The minimum atomic E-state index is -0.654. The third-order valence-corrected chi connectivity index (χ3v) is 3.47. The summed E-state index contributed by atoms with van der Waals surface area (Å²) >= 11 is 1.35. The second kappa shape index (κ2) is 6.21. The number of aryl methyl sites for hydroxylation is 1. The largest absolute Gasteiger partial charge is 0.465 e. The molecule has 0 aliphatic rings. The van der Waals surface area contributed by atoms with Crippen molar-refractivity contribution in [3.8, 4) is 5.75 Å². The lowest BCUT2D eigenvalue weighted by Gasteiger charge is -2.07. The topological polar surface area (TPSA) is 64.6 Å². The van der Waals surface area contributed by atoms with Crippen LogP contribution in [0.15, 0.2) is 35.7 Å². The van der Waals surface area contributed by atoms with Crippen LogP contribution in [0.1, 0.15) is 15.2 Å². The van der Waals surface area contributed by atoms with E-state index in [4.69, 9.17) is 9.47 Å². The van der Waals surface area contributed by atoms with Gasteiger partial charge >= 0.3 is 12.1 Å². The predicted octanol–water partition coefficient (Wildman–Crippen LogP) is 3.45. The normalized spacial score (nSPS) is 9.90. The fourth-order valence-corrected chi connectivity index (χ4v) is 2.42. The molecule has 0 radical (unpaired) electrons. The Labute approximate surface area is 120 Å². The molecule has 0 fully saturated rings. The van der Waals surface area contributed by atoms with Crippen LogP contribution in [0, 0.1) is 6.92 Å². The molecule has 1 N–H and O–H groups in total. The zero-order chi connectivity index (χ0) is 14.5. The summed E-state index contributed by atoms with van der Waals surface area (Å²) in [6.07, 6.45) is -0.654. The Morgan fingerprint density at radius 2 is 1.90 bits per heavy atom. The number of carbonyl (C=O) groups is 2. The van der Waals surface area contributed by atoms with Crippen LogP contribution in [0.25, 0.3) is 0 Å². The summed E-state index contributed by atoms with van der Waals surface area (Å²) in [5.74, 6) is -0.0599. The fourth-order valence-electron chi connectivity index (χ4n) is 1.63. The molecule has 1 heterocycles. The van der Waals surface area contributed by atoms with Gasteiger partial charge in [-0.15, -0.1) is 11.3 Å². The molecule has 6 heteroatoms. The van der Waals surface area contributed by atoms with Crippen LogP contribution in [0.3, 0.4) is 0 Å². The highest BCUT2D eigenvalue weighted by Gasteiger charge is 2.19. The van der Waals surface area contributed by atoms with Crippen molar-refractivity contribution in [1.29, 1.82) is 0 Å². The molecule has 5 nitrogen and oxygen atoms in total. The Morgan fingerprint density at radius 3 is 2.55 bits per heavy atom. The molecule has 0 spiro atoms. The van der Waals surface area contributed by atoms with Gasteiger partial charge in [0.2, 0.25) is 0 Å². The van der Waals surface area contributed by atoms with E-state index in [1.165, 1.54) is 18.4 Å². The zero-order valence-corrected chi connectivity index (χ0v) is 11.8. The SMILES string of the molecule is COC(=O)c1c(NC(=O)Oc2ccccc2)csc1C. The Bertz CT molecular complexity index is 621. The van der Waals surface area contributed by atoms with Crippen LogP contribution in [0.4, 0.5) is 10.5 Å². The zero-order valence-electron chi connectivity index (χ0n) is 11.0. The summed E-state index contributed by atoms with van der Waals surface area (Å²) in [4.78, 5) is 24.2. The highest BCUT2D eigenvalue weighted by molar-refractivity contribution is 7.10. The van der Waals surface area contributed by atoms with Gasteiger partial charge in [-0.25, -0.2) is 9.59 Å². The van der Waals surface area contributed by atoms with E-state index >= 15 is 0 Å². The van der Waals surface area contributed by atoms with Gasteiger partial charge in [0, 0.05) is 10.3 Å². The van der Waals surface area contributed by atoms with Crippen LogP contribution >= 0.6 is 11.3 Å². The Morgan fingerprint density at radius 1 is 1.20 bits per heavy atom. The Kier molecular flexibility index (Phi) is 4.37. The van der Waals surface area contributed by atoms with Gasteiger partial charge in [0.1, 0.15) is 5.75 Å². The van der Waals surface area contributed by atoms with E-state index < -0.39 is 12.1 Å². The lowest BCUT2D eigenvalue weighted by Crippen LogP contribution is -2.18. The molecule has 0 aliphatic heterocycles. The summed E-state index contributed by atoms with van der Waals surface area (Å²) in [5.41, 5.74) is 0.739. The molecule has 2 rings (SSSR count). The van der Waals surface area contributed by atoms with E-state index in [0.29, 0.717) is 17.0 Å². The number of amides is 1. The van der Waals surface area contributed by atoms with Crippen molar-refractivity contribution >= 4 is 29.1 Å². The van der Waals surface area contributed by atoms with Gasteiger partial charge in [-0.05, 0) is 19.1 Å². The predicted molar refractivity (Wildman–Crippen MR) is 76.5 cm³/mol. The van der Waals surface area contributed by atoms with Crippen molar-refractivity contribution < 1.29 is 19.1 Å². The minimum Gasteiger partial charge on any atom is -0.465 e. The number of benzene rings is 1. The van der Waals surface area contributed by atoms with Crippen molar-refractivity contribution in [3.05, 3.63) is 46.2 Å². The summed E-state index contributed by atoms with van der Waals surface area (Å²) in [6, 6.07) is 8.68. The molecule has 20 heavy (non-hydrogen) atoms.